The number of ether oxygens (including phenoxy) is 1. The monoisotopic (exact) mass is 341 g/mol. The molecule has 23 heavy (non-hydrogen) atoms. The summed E-state index contributed by atoms with van der Waals surface area (Å²) in [5.74, 6) is -0.0909. The van der Waals surface area contributed by atoms with Crippen LogP contribution in [0.5, 0.6) is 0 Å². The van der Waals surface area contributed by atoms with Gasteiger partial charge in [0.15, 0.2) is 9.84 Å². The Morgan fingerprint density at radius 3 is 2.57 bits per heavy atom. The Morgan fingerprint density at radius 1 is 1.35 bits per heavy atom. The van der Waals surface area contributed by atoms with Crippen molar-refractivity contribution in [2.24, 2.45) is 0 Å². The number of rotatable bonds is 5. The minimum absolute atomic E-state index is 0.0909. The van der Waals surface area contributed by atoms with Crippen LogP contribution in [0.25, 0.3) is 0 Å². The molecule has 128 valence electrons. The summed E-state index contributed by atoms with van der Waals surface area (Å²) in [6.45, 7) is 4.42. The van der Waals surface area contributed by atoms with Crippen molar-refractivity contribution >= 4 is 15.7 Å². The number of nitrogens with zero attached hydrogens (tertiary/aromatic N) is 1. The van der Waals surface area contributed by atoms with E-state index in [1.54, 1.807) is 43.0 Å². The lowest BCUT2D eigenvalue weighted by atomic mass is 10.1. The SMILES string of the molecule is CC(C)S(=O)(=O)c1ccc(CC(=O)N2CCOC[C@@H]2CO)cc1. The highest BCUT2D eigenvalue weighted by atomic mass is 32.2. The number of hydrogen-bond donors (Lipinski definition) is 1. The fraction of sp³-hybridized carbons (Fsp3) is 0.562. The maximum absolute atomic E-state index is 12.4. The van der Waals surface area contributed by atoms with E-state index in [9.17, 15) is 18.3 Å². The number of aliphatic hydroxyl groups excluding tert-OH is 1. The average Bonchev–Trinajstić information content (AvgIpc) is 2.55. The number of sulfone groups is 1. The Balaban J connectivity index is 2.07. The lowest BCUT2D eigenvalue weighted by Crippen LogP contribution is -2.51. The van der Waals surface area contributed by atoms with Gasteiger partial charge in [-0.15, -0.1) is 0 Å². The van der Waals surface area contributed by atoms with Gasteiger partial charge in [0.25, 0.3) is 0 Å². The predicted molar refractivity (Wildman–Crippen MR) is 85.9 cm³/mol. The molecule has 1 atom stereocenters. The van der Waals surface area contributed by atoms with Gasteiger partial charge in [-0.05, 0) is 31.5 Å². The van der Waals surface area contributed by atoms with Crippen molar-refractivity contribution in [3.8, 4) is 0 Å². The molecule has 1 fully saturated rings. The molecule has 0 bridgehead atoms. The highest BCUT2D eigenvalue weighted by molar-refractivity contribution is 7.92. The van der Waals surface area contributed by atoms with Crippen LogP contribution in [0.3, 0.4) is 0 Å². The Labute approximate surface area is 137 Å². The van der Waals surface area contributed by atoms with Crippen molar-refractivity contribution in [2.45, 2.75) is 36.5 Å². The second kappa shape index (κ2) is 7.42. The molecule has 0 radical (unpaired) electrons. The second-order valence-electron chi connectivity index (χ2n) is 5.91. The molecule has 1 amide bonds. The summed E-state index contributed by atoms with van der Waals surface area (Å²) >= 11 is 0. The van der Waals surface area contributed by atoms with Crippen LogP contribution < -0.4 is 0 Å². The molecule has 2 rings (SSSR count). The first-order valence-electron chi connectivity index (χ1n) is 7.67. The van der Waals surface area contributed by atoms with Gasteiger partial charge < -0.3 is 14.7 Å². The molecule has 1 aliphatic rings. The van der Waals surface area contributed by atoms with Crippen molar-refractivity contribution in [2.75, 3.05) is 26.4 Å². The van der Waals surface area contributed by atoms with Gasteiger partial charge in [-0.3, -0.25) is 4.79 Å². The molecular formula is C16H23NO5S. The van der Waals surface area contributed by atoms with Crippen LogP contribution in [0.1, 0.15) is 19.4 Å². The quantitative estimate of drug-likeness (QED) is 0.849. The molecule has 0 spiro atoms. The fourth-order valence-electron chi connectivity index (χ4n) is 2.48. The lowest BCUT2D eigenvalue weighted by Gasteiger charge is -2.34. The lowest BCUT2D eigenvalue weighted by molar-refractivity contribution is -0.140. The van der Waals surface area contributed by atoms with Crippen molar-refractivity contribution in [1.82, 2.24) is 4.90 Å². The number of benzene rings is 1. The summed E-state index contributed by atoms with van der Waals surface area (Å²) in [7, 11) is -3.30. The van der Waals surface area contributed by atoms with Gasteiger partial charge in [0.1, 0.15) is 0 Å². The second-order valence-corrected chi connectivity index (χ2v) is 8.42. The molecule has 0 aromatic heterocycles. The Hall–Kier alpha value is -1.44. The number of hydrogen-bond acceptors (Lipinski definition) is 5. The number of morpholine rings is 1. The normalized spacial score (nSPS) is 19.1. The first-order valence-corrected chi connectivity index (χ1v) is 9.21. The Kier molecular flexibility index (Phi) is 5.78. The van der Waals surface area contributed by atoms with Gasteiger partial charge in [-0.2, -0.15) is 0 Å². The van der Waals surface area contributed by atoms with Crippen LogP contribution in [0, 0.1) is 0 Å². The molecule has 1 saturated heterocycles. The molecule has 1 aromatic carbocycles. The summed E-state index contributed by atoms with van der Waals surface area (Å²) in [5.41, 5.74) is 0.751. The van der Waals surface area contributed by atoms with E-state index in [1.165, 1.54) is 0 Å². The Morgan fingerprint density at radius 2 is 2.00 bits per heavy atom. The highest BCUT2D eigenvalue weighted by Crippen LogP contribution is 2.17. The molecule has 0 aliphatic carbocycles. The smallest absolute Gasteiger partial charge is 0.227 e. The van der Waals surface area contributed by atoms with E-state index in [-0.39, 0.29) is 29.9 Å². The molecule has 1 aromatic rings. The summed E-state index contributed by atoms with van der Waals surface area (Å²) in [6.07, 6.45) is 0.179. The molecular weight excluding hydrogens is 318 g/mol. The van der Waals surface area contributed by atoms with E-state index in [0.29, 0.717) is 19.8 Å². The van der Waals surface area contributed by atoms with Crippen molar-refractivity contribution in [3.05, 3.63) is 29.8 Å². The van der Waals surface area contributed by atoms with Crippen LogP contribution in [-0.2, 0) is 25.8 Å². The zero-order chi connectivity index (χ0) is 17.0. The van der Waals surface area contributed by atoms with Crippen molar-refractivity contribution in [1.29, 1.82) is 0 Å². The van der Waals surface area contributed by atoms with Crippen molar-refractivity contribution < 1.29 is 23.1 Å². The predicted octanol–water partition coefficient (Wildman–Crippen LogP) is 0.631. The van der Waals surface area contributed by atoms with Gasteiger partial charge in [0, 0.05) is 6.54 Å². The van der Waals surface area contributed by atoms with Gasteiger partial charge in [-0.25, -0.2) is 8.42 Å². The third-order valence-electron chi connectivity index (χ3n) is 3.99. The summed E-state index contributed by atoms with van der Waals surface area (Å²) < 4.78 is 29.4. The molecule has 0 saturated carbocycles. The van der Waals surface area contributed by atoms with E-state index >= 15 is 0 Å². The molecule has 1 aliphatic heterocycles. The molecule has 7 heteroatoms. The fourth-order valence-corrected chi connectivity index (χ4v) is 3.54. The topological polar surface area (TPSA) is 83.9 Å². The molecule has 1 N–H and O–H groups in total. The van der Waals surface area contributed by atoms with Crippen LogP contribution in [-0.4, -0.2) is 62.0 Å². The molecule has 1 heterocycles. The van der Waals surface area contributed by atoms with E-state index in [2.05, 4.69) is 0 Å². The first kappa shape index (κ1) is 17.9. The largest absolute Gasteiger partial charge is 0.394 e. The van der Waals surface area contributed by atoms with Crippen LogP contribution in [0.15, 0.2) is 29.2 Å². The van der Waals surface area contributed by atoms with E-state index in [1.807, 2.05) is 0 Å². The molecule has 6 nitrogen and oxygen atoms in total. The van der Waals surface area contributed by atoms with E-state index in [0.717, 1.165) is 5.56 Å². The van der Waals surface area contributed by atoms with Crippen LogP contribution in [0.2, 0.25) is 0 Å². The summed E-state index contributed by atoms with van der Waals surface area (Å²) in [6, 6.07) is 6.11. The summed E-state index contributed by atoms with van der Waals surface area (Å²) in [4.78, 5) is 14.3. The van der Waals surface area contributed by atoms with Gasteiger partial charge in [0.05, 0.1) is 42.4 Å². The number of amides is 1. The van der Waals surface area contributed by atoms with Gasteiger partial charge >= 0.3 is 0 Å². The third kappa shape index (κ3) is 4.10. The number of carbonyl (C=O) groups excluding carboxylic acids is 1. The summed E-state index contributed by atoms with van der Waals surface area (Å²) in [5, 5.41) is 8.84. The number of carbonyl (C=O) groups is 1. The van der Waals surface area contributed by atoms with Crippen molar-refractivity contribution in [3.63, 3.8) is 0 Å². The van der Waals surface area contributed by atoms with Gasteiger partial charge in [0.2, 0.25) is 5.91 Å². The van der Waals surface area contributed by atoms with E-state index < -0.39 is 15.1 Å². The highest BCUT2D eigenvalue weighted by Gasteiger charge is 2.26. The molecule has 0 unspecified atom stereocenters. The zero-order valence-electron chi connectivity index (χ0n) is 13.4. The third-order valence-corrected chi connectivity index (χ3v) is 6.16. The zero-order valence-corrected chi connectivity index (χ0v) is 14.3. The van der Waals surface area contributed by atoms with Crippen LogP contribution >= 0.6 is 0 Å². The minimum atomic E-state index is -3.30. The maximum Gasteiger partial charge on any atom is 0.227 e. The number of aliphatic hydroxyl groups is 1. The Bertz CT molecular complexity index is 639. The maximum atomic E-state index is 12.4. The van der Waals surface area contributed by atoms with E-state index in [4.69, 9.17) is 4.74 Å². The van der Waals surface area contributed by atoms with Crippen LogP contribution in [0.4, 0.5) is 0 Å². The van der Waals surface area contributed by atoms with Gasteiger partial charge in [-0.1, -0.05) is 12.1 Å². The average molecular weight is 341 g/mol. The standard InChI is InChI=1S/C16H23NO5S/c1-12(2)23(20,21)15-5-3-13(4-6-15)9-16(19)17-7-8-22-11-14(17)10-18/h3-6,12,14,18H,7-11H2,1-2H3/t14-/m0/s1. The minimum Gasteiger partial charge on any atom is -0.394 e. The first-order chi connectivity index (χ1) is 10.9.